The summed E-state index contributed by atoms with van der Waals surface area (Å²) in [5.41, 5.74) is 8.59. The summed E-state index contributed by atoms with van der Waals surface area (Å²) >= 11 is 0. The Morgan fingerprint density at radius 3 is 2.23 bits per heavy atom. The molecule has 0 spiro atoms. The highest BCUT2D eigenvalue weighted by Gasteiger charge is 2.17. The first-order chi connectivity index (χ1) is 9.85. The average molecular weight is 301 g/mol. The predicted molar refractivity (Wildman–Crippen MR) is 91.2 cm³/mol. The van der Waals surface area contributed by atoms with Gasteiger partial charge < -0.3 is 16.6 Å². The van der Waals surface area contributed by atoms with Crippen LogP contribution < -0.4 is 17.2 Å². The zero-order valence-electron chi connectivity index (χ0n) is 13.2. The number of benzene rings is 2. The van der Waals surface area contributed by atoms with Crippen molar-refractivity contribution in [3.63, 3.8) is 0 Å². The standard InChI is InChI=1S/C17H20N2O2.H3N/c1-17(2,3)21-16(20)19-15-10-9-13(11-14(15)18)12-7-5-4-6-8-12;/h4-11H,18H2,1-3H3,(H,19,20);1H3. The van der Waals surface area contributed by atoms with Crippen molar-refractivity contribution in [1.29, 1.82) is 0 Å². The van der Waals surface area contributed by atoms with E-state index in [4.69, 9.17) is 10.5 Å². The summed E-state index contributed by atoms with van der Waals surface area (Å²) in [6.45, 7) is 5.44. The summed E-state index contributed by atoms with van der Waals surface area (Å²) in [6, 6.07) is 15.5. The summed E-state index contributed by atoms with van der Waals surface area (Å²) in [7, 11) is 0. The Balaban J connectivity index is 0.00000242. The average Bonchev–Trinajstić information content (AvgIpc) is 2.40. The van der Waals surface area contributed by atoms with Crippen molar-refractivity contribution in [2.45, 2.75) is 26.4 Å². The summed E-state index contributed by atoms with van der Waals surface area (Å²) in [5, 5.41) is 2.66. The van der Waals surface area contributed by atoms with Gasteiger partial charge in [0.1, 0.15) is 5.60 Å². The number of carbonyl (C=O) groups is 1. The molecule has 5 nitrogen and oxygen atoms in total. The molecule has 2 aromatic rings. The molecule has 0 bridgehead atoms. The summed E-state index contributed by atoms with van der Waals surface area (Å²) < 4.78 is 5.21. The van der Waals surface area contributed by atoms with Crippen LogP contribution >= 0.6 is 0 Å². The molecule has 0 atom stereocenters. The molecule has 0 saturated carbocycles. The summed E-state index contributed by atoms with van der Waals surface area (Å²) in [5.74, 6) is 0. The van der Waals surface area contributed by atoms with E-state index < -0.39 is 11.7 Å². The Morgan fingerprint density at radius 1 is 1.05 bits per heavy atom. The first kappa shape index (κ1) is 17.5. The normalized spacial score (nSPS) is 10.5. The molecule has 0 radical (unpaired) electrons. The van der Waals surface area contributed by atoms with E-state index in [0.29, 0.717) is 11.4 Å². The van der Waals surface area contributed by atoms with Crippen molar-refractivity contribution < 1.29 is 9.53 Å². The molecule has 118 valence electrons. The molecule has 5 heteroatoms. The van der Waals surface area contributed by atoms with Crippen molar-refractivity contribution in [2.75, 3.05) is 11.1 Å². The Hall–Kier alpha value is -2.53. The molecular weight excluding hydrogens is 278 g/mol. The van der Waals surface area contributed by atoms with Gasteiger partial charge in [-0.3, -0.25) is 5.32 Å². The maximum absolute atomic E-state index is 11.7. The van der Waals surface area contributed by atoms with Gasteiger partial charge in [0.2, 0.25) is 0 Å². The number of amides is 1. The van der Waals surface area contributed by atoms with Gasteiger partial charge in [-0.1, -0.05) is 36.4 Å². The van der Waals surface area contributed by atoms with Gasteiger partial charge in [-0.2, -0.15) is 0 Å². The van der Waals surface area contributed by atoms with E-state index in [9.17, 15) is 4.79 Å². The van der Waals surface area contributed by atoms with Crippen molar-refractivity contribution in [3.05, 3.63) is 48.5 Å². The second-order valence-corrected chi connectivity index (χ2v) is 5.79. The molecule has 0 unspecified atom stereocenters. The number of ether oxygens (including phenoxy) is 1. The van der Waals surface area contributed by atoms with Crippen molar-refractivity contribution in [1.82, 2.24) is 6.15 Å². The van der Waals surface area contributed by atoms with E-state index in [1.54, 1.807) is 6.07 Å². The van der Waals surface area contributed by atoms with Crippen LogP contribution in [0.2, 0.25) is 0 Å². The predicted octanol–water partition coefficient (Wildman–Crippen LogP) is 4.44. The third-order valence-corrected chi connectivity index (χ3v) is 2.79. The quantitative estimate of drug-likeness (QED) is 0.714. The van der Waals surface area contributed by atoms with Crippen molar-refractivity contribution >= 4 is 17.5 Å². The van der Waals surface area contributed by atoms with Crippen LogP contribution in [0.1, 0.15) is 20.8 Å². The van der Waals surface area contributed by atoms with E-state index in [1.165, 1.54) is 0 Å². The molecule has 0 aliphatic carbocycles. The molecule has 0 heterocycles. The van der Waals surface area contributed by atoms with Crippen LogP contribution in [-0.4, -0.2) is 11.7 Å². The Bertz CT molecular complexity index is 634. The molecule has 0 saturated heterocycles. The van der Waals surface area contributed by atoms with Gasteiger partial charge in [0.05, 0.1) is 11.4 Å². The SMILES string of the molecule is CC(C)(C)OC(=O)Nc1ccc(-c2ccccc2)cc1N.N. The number of hydrogen-bond acceptors (Lipinski definition) is 4. The largest absolute Gasteiger partial charge is 0.444 e. The molecule has 22 heavy (non-hydrogen) atoms. The molecular formula is C17H23N3O2. The minimum atomic E-state index is -0.539. The van der Waals surface area contributed by atoms with E-state index in [-0.39, 0.29) is 6.15 Å². The van der Waals surface area contributed by atoms with Crippen molar-refractivity contribution in [2.24, 2.45) is 0 Å². The first-order valence-electron chi connectivity index (χ1n) is 6.80. The van der Waals surface area contributed by atoms with Crippen LogP contribution in [0.4, 0.5) is 16.2 Å². The fourth-order valence-electron chi connectivity index (χ4n) is 1.90. The van der Waals surface area contributed by atoms with Crippen LogP contribution in [0.15, 0.2) is 48.5 Å². The molecule has 0 aliphatic rings. The van der Waals surface area contributed by atoms with Crippen molar-refractivity contribution in [3.8, 4) is 11.1 Å². The fourth-order valence-corrected chi connectivity index (χ4v) is 1.90. The van der Waals surface area contributed by atoms with Gasteiger partial charge in [0.15, 0.2) is 0 Å². The van der Waals surface area contributed by atoms with Crippen LogP contribution in [0, 0.1) is 0 Å². The van der Waals surface area contributed by atoms with Crippen LogP contribution in [0.3, 0.4) is 0 Å². The molecule has 2 rings (SSSR count). The maximum atomic E-state index is 11.7. The molecule has 0 aromatic heterocycles. The Kier molecular flexibility index (Phi) is 5.54. The van der Waals surface area contributed by atoms with E-state index in [1.807, 2.05) is 63.2 Å². The lowest BCUT2D eigenvalue weighted by Gasteiger charge is -2.20. The molecule has 0 fully saturated rings. The monoisotopic (exact) mass is 301 g/mol. The summed E-state index contributed by atoms with van der Waals surface area (Å²) in [6.07, 6.45) is -0.512. The van der Waals surface area contributed by atoms with Gasteiger partial charge in [-0.25, -0.2) is 4.79 Å². The molecule has 2 aromatic carbocycles. The van der Waals surface area contributed by atoms with Gasteiger partial charge in [0, 0.05) is 0 Å². The number of nitrogen functional groups attached to an aromatic ring is 1. The van der Waals surface area contributed by atoms with Crippen LogP contribution in [0.5, 0.6) is 0 Å². The fraction of sp³-hybridized carbons (Fsp3) is 0.235. The zero-order chi connectivity index (χ0) is 15.5. The number of anilines is 2. The smallest absolute Gasteiger partial charge is 0.412 e. The van der Waals surface area contributed by atoms with E-state index in [2.05, 4.69) is 5.32 Å². The lowest BCUT2D eigenvalue weighted by molar-refractivity contribution is 0.0636. The van der Waals surface area contributed by atoms with Gasteiger partial charge >= 0.3 is 6.09 Å². The molecule has 0 aliphatic heterocycles. The number of rotatable bonds is 2. The lowest BCUT2D eigenvalue weighted by Crippen LogP contribution is -2.27. The minimum absolute atomic E-state index is 0. The molecule has 1 amide bonds. The van der Waals surface area contributed by atoms with Crippen LogP contribution in [-0.2, 0) is 4.74 Å². The van der Waals surface area contributed by atoms with E-state index >= 15 is 0 Å². The topological polar surface area (TPSA) is 99.3 Å². The highest BCUT2D eigenvalue weighted by atomic mass is 16.6. The number of nitrogens with one attached hydrogen (secondary N) is 1. The minimum Gasteiger partial charge on any atom is -0.444 e. The summed E-state index contributed by atoms with van der Waals surface area (Å²) in [4.78, 5) is 11.7. The maximum Gasteiger partial charge on any atom is 0.412 e. The Labute approximate surface area is 131 Å². The van der Waals surface area contributed by atoms with Gasteiger partial charge in [-0.15, -0.1) is 0 Å². The first-order valence-corrected chi connectivity index (χ1v) is 6.80. The highest BCUT2D eigenvalue weighted by Crippen LogP contribution is 2.27. The zero-order valence-corrected chi connectivity index (χ0v) is 13.2. The van der Waals surface area contributed by atoms with Gasteiger partial charge in [-0.05, 0) is 44.0 Å². The number of nitrogens with two attached hydrogens (primary N) is 1. The third kappa shape index (κ3) is 4.79. The Morgan fingerprint density at radius 2 is 1.68 bits per heavy atom. The second kappa shape index (κ2) is 6.95. The lowest BCUT2D eigenvalue weighted by atomic mass is 10.0. The third-order valence-electron chi connectivity index (χ3n) is 2.79. The van der Waals surface area contributed by atoms with Gasteiger partial charge in [0.25, 0.3) is 0 Å². The second-order valence-electron chi connectivity index (χ2n) is 5.79. The van der Waals surface area contributed by atoms with Crippen LogP contribution in [0.25, 0.3) is 11.1 Å². The van der Waals surface area contributed by atoms with E-state index in [0.717, 1.165) is 11.1 Å². The molecule has 6 N–H and O–H groups in total. The number of hydrogen-bond donors (Lipinski definition) is 3. The highest BCUT2D eigenvalue weighted by molar-refractivity contribution is 5.90. The number of carbonyl (C=O) groups excluding carboxylic acids is 1.